The Morgan fingerprint density at radius 3 is 0.617 bits per heavy atom. The summed E-state index contributed by atoms with van der Waals surface area (Å²) >= 11 is 0. The summed E-state index contributed by atoms with van der Waals surface area (Å²) < 4.78 is 17.0. The second kappa shape index (κ2) is 70.6. The first-order valence-corrected chi connectivity index (χ1v) is 37.2. The molecule has 0 saturated heterocycles. The number of hydrogen-bond acceptors (Lipinski definition) is 6. The SMILES string of the molecule is CCCCCCCCCC/C=C\CCCCCCCCCCCCCCCC(=O)OCC(COC(=O)CCCCCCCCCCCCCCCCCCC)OC(=O)CCCCCCCCCCCCCCCCCCCCCCC. The molecule has 6 heteroatoms. The normalized spacial score (nSPS) is 12.0. The van der Waals surface area contributed by atoms with E-state index in [-0.39, 0.29) is 31.1 Å². The Hall–Kier alpha value is -1.85. The molecular weight excluding hydrogens is 997 g/mol. The number of hydrogen-bond donors (Lipinski definition) is 0. The van der Waals surface area contributed by atoms with Crippen LogP contribution in [0.1, 0.15) is 432 Å². The van der Waals surface area contributed by atoms with E-state index >= 15 is 0 Å². The lowest BCUT2D eigenvalue weighted by molar-refractivity contribution is -0.167. The highest BCUT2D eigenvalue weighted by molar-refractivity contribution is 5.71. The summed E-state index contributed by atoms with van der Waals surface area (Å²) in [5.74, 6) is -0.821. The van der Waals surface area contributed by atoms with Gasteiger partial charge in [-0.25, -0.2) is 0 Å². The zero-order valence-corrected chi connectivity index (χ0v) is 55.4. The van der Waals surface area contributed by atoms with Gasteiger partial charge < -0.3 is 14.2 Å². The van der Waals surface area contributed by atoms with Crippen LogP contribution in [0.3, 0.4) is 0 Å². The van der Waals surface area contributed by atoms with Crippen molar-refractivity contribution in [2.75, 3.05) is 13.2 Å². The fourth-order valence-corrected chi connectivity index (χ4v) is 11.7. The second-order valence-electron chi connectivity index (χ2n) is 25.6. The Balaban J connectivity index is 4.25. The standard InChI is InChI=1S/C75H144O6/c1-4-7-10-13-16-19-22-25-28-31-33-35-36-37-38-40-41-44-47-50-53-56-59-62-65-68-74(77)80-71-72(70-79-73(76)67-64-61-58-55-52-49-46-43-30-27-24-21-18-15-12-9-6-3)81-75(78)69-66-63-60-57-54-51-48-45-42-39-34-32-29-26-23-20-17-14-11-8-5-2/h31,33,72H,4-30,32,34-71H2,1-3H3/b33-31-. The van der Waals surface area contributed by atoms with Gasteiger partial charge in [-0.05, 0) is 44.9 Å². The molecule has 0 spiro atoms. The minimum absolute atomic E-state index is 0.0621. The number of carbonyl (C=O) groups excluding carboxylic acids is 3. The fraction of sp³-hybridized carbons (Fsp3) is 0.933. The molecule has 0 aliphatic heterocycles. The van der Waals surface area contributed by atoms with Gasteiger partial charge in [-0.2, -0.15) is 0 Å². The van der Waals surface area contributed by atoms with Gasteiger partial charge in [0, 0.05) is 19.3 Å². The Kier molecular flexibility index (Phi) is 69.0. The van der Waals surface area contributed by atoms with E-state index in [1.807, 2.05) is 0 Å². The van der Waals surface area contributed by atoms with Crippen LogP contribution in [0, 0.1) is 0 Å². The molecule has 1 atom stereocenters. The van der Waals surface area contributed by atoms with Gasteiger partial charge in [0.1, 0.15) is 13.2 Å². The van der Waals surface area contributed by atoms with E-state index in [0.29, 0.717) is 19.3 Å². The van der Waals surface area contributed by atoms with E-state index in [1.165, 1.54) is 334 Å². The highest BCUT2D eigenvalue weighted by Crippen LogP contribution is 2.19. The van der Waals surface area contributed by atoms with Crippen molar-refractivity contribution < 1.29 is 28.6 Å². The van der Waals surface area contributed by atoms with Crippen LogP contribution in [0.25, 0.3) is 0 Å². The van der Waals surface area contributed by atoms with Crippen LogP contribution in [0.2, 0.25) is 0 Å². The third kappa shape index (κ3) is 68.8. The predicted octanol–water partition coefficient (Wildman–Crippen LogP) is 25.6. The smallest absolute Gasteiger partial charge is 0.306 e. The van der Waals surface area contributed by atoms with Gasteiger partial charge in [0.15, 0.2) is 6.10 Å². The lowest BCUT2D eigenvalue weighted by Crippen LogP contribution is -2.30. The maximum atomic E-state index is 13.0. The first-order chi connectivity index (χ1) is 40.0. The minimum Gasteiger partial charge on any atom is -0.462 e. The summed E-state index contributed by atoms with van der Waals surface area (Å²) in [6, 6.07) is 0. The zero-order chi connectivity index (χ0) is 58.5. The van der Waals surface area contributed by atoms with Gasteiger partial charge in [-0.3, -0.25) is 14.4 Å². The Bertz CT molecular complexity index is 1260. The highest BCUT2D eigenvalue weighted by atomic mass is 16.6. The van der Waals surface area contributed by atoms with Gasteiger partial charge in [0.2, 0.25) is 0 Å². The van der Waals surface area contributed by atoms with Crippen LogP contribution in [0.15, 0.2) is 12.2 Å². The van der Waals surface area contributed by atoms with E-state index < -0.39 is 6.10 Å². The number of allylic oxidation sites excluding steroid dienone is 2. The van der Waals surface area contributed by atoms with Crippen LogP contribution in [-0.4, -0.2) is 37.2 Å². The fourth-order valence-electron chi connectivity index (χ4n) is 11.7. The molecule has 0 fully saturated rings. The molecule has 1 unspecified atom stereocenters. The summed E-state index contributed by atoms with van der Waals surface area (Å²) in [6.45, 7) is 6.75. The van der Waals surface area contributed by atoms with Crippen molar-refractivity contribution in [3.05, 3.63) is 12.2 Å². The van der Waals surface area contributed by atoms with Crippen LogP contribution in [0.4, 0.5) is 0 Å². The van der Waals surface area contributed by atoms with Gasteiger partial charge in [0.25, 0.3) is 0 Å². The van der Waals surface area contributed by atoms with Crippen molar-refractivity contribution in [2.24, 2.45) is 0 Å². The molecule has 0 amide bonds. The molecule has 0 aliphatic carbocycles. The second-order valence-corrected chi connectivity index (χ2v) is 25.6. The predicted molar refractivity (Wildman–Crippen MR) is 353 cm³/mol. The van der Waals surface area contributed by atoms with Gasteiger partial charge in [0.05, 0.1) is 0 Å². The molecule has 480 valence electrons. The maximum absolute atomic E-state index is 13.0. The Morgan fingerprint density at radius 2 is 0.407 bits per heavy atom. The summed E-state index contributed by atoms with van der Waals surface area (Å²) in [5.41, 5.74) is 0. The molecular formula is C75H144O6. The van der Waals surface area contributed by atoms with Crippen molar-refractivity contribution >= 4 is 17.9 Å². The summed E-state index contributed by atoms with van der Waals surface area (Å²) in [4.78, 5) is 38.5. The van der Waals surface area contributed by atoms with Crippen LogP contribution in [0.5, 0.6) is 0 Å². The molecule has 0 aromatic carbocycles. The van der Waals surface area contributed by atoms with Crippen molar-refractivity contribution in [2.45, 2.75) is 438 Å². The third-order valence-corrected chi connectivity index (χ3v) is 17.3. The molecule has 81 heavy (non-hydrogen) atoms. The Labute approximate surface area is 507 Å². The molecule has 0 heterocycles. The van der Waals surface area contributed by atoms with E-state index in [1.54, 1.807) is 0 Å². The summed E-state index contributed by atoms with van der Waals surface area (Å²) in [7, 11) is 0. The van der Waals surface area contributed by atoms with Crippen LogP contribution < -0.4 is 0 Å². The molecule has 0 bridgehead atoms. The molecule has 0 radical (unpaired) electrons. The monoisotopic (exact) mass is 1140 g/mol. The first-order valence-electron chi connectivity index (χ1n) is 37.2. The van der Waals surface area contributed by atoms with E-state index in [4.69, 9.17) is 14.2 Å². The van der Waals surface area contributed by atoms with E-state index in [9.17, 15) is 14.4 Å². The number of unbranched alkanes of at least 4 members (excludes halogenated alkanes) is 57. The molecule has 0 aromatic rings. The molecule has 6 nitrogen and oxygen atoms in total. The highest BCUT2D eigenvalue weighted by Gasteiger charge is 2.20. The first kappa shape index (κ1) is 79.2. The average molecular weight is 1140 g/mol. The lowest BCUT2D eigenvalue weighted by atomic mass is 10.0. The quantitative estimate of drug-likeness (QED) is 0.0261. The van der Waals surface area contributed by atoms with Gasteiger partial charge in [-0.15, -0.1) is 0 Å². The van der Waals surface area contributed by atoms with E-state index in [2.05, 4.69) is 32.9 Å². The van der Waals surface area contributed by atoms with Crippen molar-refractivity contribution in [1.29, 1.82) is 0 Å². The third-order valence-electron chi connectivity index (χ3n) is 17.3. The average Bonchev–Trinajstić information content (AvgIpc) is 3.47. The Morgan fingerprint density at radius 1 is 0.235 bits per heavy atom. The van der Waals surface area contributed by atoms with Crippen molar-refractivity contribution in [3.8, 4) is 0 Å². The van der Waals surface area contributed by atoms with E-state index in [0.717, 1.165) is 57.8 Å². The largest absolute Gasteiger partial charge is 0.462 e. The van der Waals surface area contributed by atoms with Crippen LogP contribution in [-0.2, 0) is 28.6 Å². The zero-order valence-electron chi connectivity index (χ0n) is 55.4. The number of ether oxygens (including phenoxy) is 3. The van der Waals surface area contributed by atoms with Crippen LogP contribution >= 0.6 is 0 Å². The van der Waals surface area contributed by atoms with Gasteiger partial charge >= 0.3 is 17.9 Å². The molecule has 0 N–H and O–H groups in total. The number of carbonyl (C=O) groups is 3. The molecule has 0 rings (SSSR count). The number of rotatable bonds is 70. The number of esters is 3. The molecule has 0 saturated carbocycles. The minimum atomic E-state index is -0.766. The molecule has 0 aromatic heterocycles. The maximum Gasteiger partial charge on any atom is 0.306 e. The lowest BCUT2D eigenvalue weighted by Gasteiger charge is -2.18. The van der Waals surface area contributed by atoms with Gasteiger partial charge in [-0.1, -0.05) is 380 Å². The summed E-state index contributed by atoms with van der Waals surface area (Å²) in [5, 5.41) is 0. The van der Waals surface area contributed by atoms with Crippen molar-refractivity contribution in [3.63, 3.8) is 0 Å². The molecule has 0 aliphatic rings. The summed E-state index contributed by atoms with van der Waals surface area (Å²) in [6.07, 6.45) is 85.3. The topological polar surface area (TPSA) is 78.9 Å². The van der Waals surface area contributed by atoms with Crippen molar-refractivity contribution in [1.82, 2.24) is 0 Å².